The Morgan fingerprint density at radius 3 is 2.48 bits per heavy atom. The summed E-state index contributed by atoms with van der Waals surface area (Å²) in [6.07, 6.45) is 0. The van der Waals surface area contributed by atoms with Crippen LogP contribution in [-0.4, -0.2) is 55.0 Å². The molecule has 3 rings (SSSR count). The highest BCUT2D eigenvalue weighted by molar-refractivity contribution is 5.94. The number of nitrogens with zero attached hydrogens (tertiary/aromatic N) is 3. The maximum absolute atomic E-state index is 12.2. The molecule has 1 heterocycles. The van der Waals surface area contributed by atoms with Crippen LogP contribution in [0.3, 0.4) is 0 Å². The first-order chi connectivity index (χ1) is 13.0. The van der Waals surface area contributed by atoms with Crippen LogP contribution in [-0.2, 0) is 0 Å². The highest BCUT2D eigenvalue weighted by Gasteiger charge is 2.18. The summed E-state index contributed by atoms with van der Waals surface area (Å²) in [5.41, 5.74) is 2.08. The van der Waals surface area contributed by atoms with Gasteiger partial charge in [-0.1, -0.05) is 24.3 Å². The maximum atomic E-state index is 12.2. The van der Waals surface area contributed by atoms with Gasteiger partial charge in [-0.05, 0) is 25.1 Å². The number of nitro benzene ring substituents is 1. The molecule has 2 aromatic rings. The molecule has 7 heteroatoms. The Labute approximate surface area is 158 Å². The third kappa shape index (κ3) is 4.83. The SMILES string of the molecule is Cc1ccc(C(=O)NCCN2CCN(c3ccccc3)CC2)cc1[N+](=O)[O-]. The molecule has 0 aliphatic carbocycles. The van der Waals surface area contributed by atoms with Crippen LogP contribution in [0.1, 0.15) is 15.9 Å². The molecule has 2 aromatic carbocycles. The lowest BCUT2D eigenvalue weighted by molar-refractivity contribution is -0.385. The average Bonchev–Trinajstić information content (AvgIpc) is 2.69. The lowest BCUT2D eigenvalue weighted by Gasteiger charge is -2.36. The van der Waals surface area contributed by atoms with Crippen LogP contribution in [0.2, 0.25) is 0 Å². The number of piperazine rings is 1. The predicted molar refractivity (Wildman–Crippen MR) is 105 cm³/mol. The molecule has 0 aromatic heterocycles. The van der Waals surface area contributed by atoms with Crippen molar-refractivity contribution < 1.29 is 9.72 Å². The summed E-state index contributed by atoms with van der Waals surface area (Å²) in [6, 6.07) is 14.9. The minimum absolute atomic E-state index is 0.0281. The van der Waals surface area contributed by atoms with E-state index in [0.717, 1.165) is 32.7 Å². The zero-order valence-corrected chi connectivity index (χ0v) is 15.4. The Morgan fingerprint density at radius 1 is 1.11 bits per heavy atom. The van der Waals surface area contributed by atoms with Crippen LogP contribution in [0, 0.1) is 17.0 Å². The minimum Gasteiger partial charge on any atom is -0.369 e. The van der Waals surface area contributed by atoms with Crippen molar-refractivity contribution in [3.05, 3.63) is 69.8 Å². The van der Waals surface area contributed by atoms with E-state index in [-0.39, 0.29) is 11.6 Å². The fourth-order valence-corrected chi connectivity index (χ4v) is 3.25. The zero-order chi connectivity index (χ0) is 19.2. The average molecular weight is 368 g/mol. The van der Waals surface area contributed by atoms with E-state index in [4.69, 9.17) is 0 Å². The molecule has 1 amide bonds. The van der Waals surface area contributed by atoms with E-state index in [1.54, 1.807) is 19.1 Å². The predicted octanol–water partition coefficient (Wildman–Crippen LogP) is 2.46. The Hall–Kier alpha value is -2.93. The van der Waals surface area contributed by atoms with Crippen LogP contribution in [0.5, 0.6) is 0 Å². The molecule has 1 aliphatic heterocycles. The molecule has 0 bridgehead atoms. The van der Waals surface area contributed by atoms with Crippen LogP contribution in [0.4, 0.5) is 11.4 Å². The quantitative estimate of drug-likeness (QED) is 0.626. The number of carbonyl (C=O) groups is 1. The number of nitro groups is 1. The molecule has 1 saturated heterocycles. The summed E-state index contributed by atoms with van der Waals surface area (Å²) < 4.78 is 0. The summed E-state index contributed by atoms with van der Waals surface area (Å²) in [6.45, 7) is 6.76. The minimum atomic E-state index is -0.460. The molecule has 1 fully saturated rings. The van der Waals surface area contributed by atoms with Crippen molar-refractivity contribution in [2.75, 3.05) is 44.2 Å². The zero-order valence-electron chi connectivity index (χ0n) is 15.4. The highest BCUT2D eigenvalue weighted by Crippen LogP contribution is 2.19. The van der Waals surface area contributed by atoms with Gasteiger partial charge in [-0.2, -0.15) is 0 Å². The number of anilines is 1. The van der Waals surface area contributed by atoms with Crippen LogP contribution in [0.15, 0.2) is 48.5 Å². The molecule has 0 spiro atoms. The van der Waals surface area contributed by atoms with Crippen molar-refractivity contribution in [3.8, 4) is 0 Å². The number of para-hydroxylation sites is 1. The van der Waals surface area contributed by atoms with Crippen molar-refractivity contribution in [1.82, 2.24) is 10.2 Å². The van der Waals surface area contributed by atoms with Crippen molar-refractivity contribution in [2.24, 2.45) is 0 Å². The first-order valence-electron chi connectivity index (χ1n) is 9.10. The normalized spacial score (nSPS) is 14.8. The topological polar surface area (TPSA) is 78.7 Å². The molecule has 7 nitrogen and oxygen atoms in total. The number of hydrogen-bond donors (Lipinski definition) is 1. The van der Waals surface area contributed by atoms with Gasteiger partial charge in [0.05, 0.1) is 4.92 Å². The molecular weight excluding hydrogens is 344 g/mol. The molecule has 1 N–H and O–H groups in total. The van der Waals surface area contributed by atoms with Gasteiger partial charge < -0.3 is 10.2 Å². The summed E-state index contributed by atoms with van der Waals surface area (Å²) in [5, 5.41) is 13.9. The third-order valence-electron chi connectivity index (χ3n) is 4.88. The fourth-order valence-electron chi connectivity index (χ4n) is 3.25. The number of rotatable bonds is 6. The number of benzene rings is 2. The molecule has 0 saturated carbocycles. The van der Waals surface area contributed by atoms with Crippen molar-refractivity contribution >= 4 is 17.3 Å². The first-order valence-corrected chi connectivity index (χ1v) is 9.10. The summed E-state index contributed by atoms with van der Waals surface area (Å²) in [7, 11) is 0. The molecule has 0 unspecified atom stereocenters. The monoisotopic (exact) mass is 368 g/mol. The van der Waals surface area contributed by atoms with Gasteiger partial charge in [-0.25, -0.2) is 0 Å². The van der Waals surface area contributed by atoms with Gasteiger partial charge in [0.15, 0.2) is 0 Å². The molecule has 0 radical (unpaired) electrons. The van der Waals surface area contributed by atoms with Crippen molar-refractivity contribution in [1.29, 1.82) is 0 Å². The lowest BCUT2D eigenvalue weighted by atomic mass is 10.1. The second kappa shape index (κ2) is 8.64. The van der Waals surface area contributed by atoms with E-state index < -0.39 is 4.92 Å². The summed E-state index contributed by atoms with van der Waals surface area (Å²) >= 11 is 0. The number of amides is 1. The van der Waals surface area contributed by atoms with Gasteiger partial charge >= 0.3 is 0 Å². The van der Waals surface area contributed by atoms with Gasteiger partial charge in [0.2, 0.25) is 0 Å². The van der Waals surface area contributed by atoms with Crippen molar-refractivity contribution in [2.45, 2.75) is 6.92 Å². The van der Waals surface area contributed by atoms with Crippen molar-refractivity contribution in [3.63, 3.8) is 0 Å². The largest absolute Gasteiger partial charge is 0.369 e. The van der Waals surface area contributed by atoms with Gasteiger partial charge in [-0.3, -0.25) is 19.8 Å². The van der Waals surface area contributed by atoms with Crippen LogP contribution >= 0.6 is 0 Å². The first kappa shape index (κ1) is 18.8. The number of hydrogen-bond acceptors (Lipinski definition) is 5. The van der Waals surface area contributed by atoms with E-state index >= 15 is 0 Å². The van der Waals surface area contributed by atoms with E-state index in [0.29, 0.717) is 17.7 Å². The second-order valence-electron chi connectivity index (χ2n) is 6.68. The van der Waals surface area contributed by atoms with Gasteiger partial charge in [0.1, 0.15) is 0 Å². The van der Waals surface area contributed by atoms with Gasteiger partial charge in [0, 0.05) is 62.1 Å². The molecule has 0 atom stereocenters. The van der Waals surface area contributed by atoms with Gasteiger partial charge in [0.25, 0.3) is 11.6 Å². The summed E-state index contributed by atoms with van der Waals surface area (Å²) in [4.78, 5) is 27.5. The Bertz CT molecular complexity index is 802. The molecule has 1 aliphatic rings. The lowest BCUT2D eigenvalue weighted by Crippen LogP contribution is -2.48. The van der Waals surface area contributed by atoms with E-state index in [1.165, 1.54) is 11.8 Å². The smallest absolute Gasteiger partial charge is 0.273 e. The third-order valence-corrected chi connectivity index (χ3v) is 4.88. The molecular formula is C20H24N4O3. The Balaban J connectivity index is 1.45. The number of carbonyl (C=O) groups excluding carboxylic acids is 1. The number of nitrogens with one attached hydrogen (secondary N) is 1. The second-order valence-corrected chi connectivity index (χ2v) is 6.68. The molecule has 142 valence electrons. The van der Waals surface area contributed by atoms with Crippen LogP contribution in [0.25, 0.3) is 0 Å². The molecule has 27 heavy (non-hydrogen) atoms. The van der Waals surface area contributed by atoms with E-state index in [9.17, 15) is 14.9 Å². The summed E-state index contributed by atoms with van der Waals surface area (Å²) in [5.74, 6) is -0.277. The maximum Gasteiger partial charge on any atom is 0.273 e. The van der Waals surface area contributed by atoms with Gasteiger partial charge in [-0.15, -0.1) is 0 Å². The Morgan fingerprint density at radius 2 is 1.81 bits per heavy atom. The van der Waals surface area contributed by atoms with E-state index in [2.05, 4.69) is 27.2 Å². The standard InChI is InChI=1S/C20H24N4O3/c1-16-7-8-17(15-19(16)24(26)27)20(25)21-9-10-22-11-13-23(14-12-22)18-5-3-2-4-6-18/h2-8,15H,9-14H2,1H3,(H,21,25). The fraction of sp³-hybridized carbons (Fsp3) is 0.350. The number of aryl methyl sites for hydroxylation is 1. The Kier molecular flexibility index (Phi) is 6.03. The van der Waals surface area contributed by atoms with Crippen LogP contribution < -0.4 is 10.2 Å². The highest BCUT2D eigenvalue weighted by atomic mass is 16.6. The van der Waals surface area contributed by atoms with E-state index in [1.807, 2.05) is 18.2 Å².